The molecule has 3 unspecified atom stereocenters. The smallest absolute Gasteiger partial charge is 0.326 e. The highest BCUT2D eigenvalue weighted by atomic mass is 32.2. The molecule has 0 spiro atoms. The third-order valence-corrected chi connectivity index (χ3v) is 9.78. The summed E-state index contributed by atoms with van der Waals surface area (Å²) in [6, 6.07) is 7.24. The van der Waals surface area contributed by atoms with Gasteiger partial charge < -0.3 is 25.6 Å². The predicted molar refractivity (Wildman–Crippen MR) is 151 cm³/mol. The third-order valence-electron chi connectivity index (χ3n) is 8.43. The maximum atomic E-state index is 13.6. The average Bonchev–Trinajstić information content (AvgIpc) is 3.71. The van der Waals surface area contributed by atoms with Crippen LogP contribution in [-0.4, -0.2) is 66.9 Å². The molecule has 3 N–H and O–H groups in total. The van der Waals surface area contributed by atoms with Gasteiger partial charge in [0.15, 0.2) is 0 Å². The van der Waals surface area contributed by atoms with E-state index < -0.39 is 0 Å². The Labute approximate surface area is 238 Å². The Bertz CT molecular complexity index is 1350. The van der Waals surface area contributed by atoms with Crippen LogP contribution in [0.25, 0.3) is 0 Å². The molecule has 1 aliphatic carbocycles. The van der Waals surface area contributed by atoms with Crippen molar-refractivity contribution in [1.29, 1.82) is 5.26 Å². The SMILES string of the molecule is COc1ccc(N2C(=O)NC3=C(C(=O)N[C@@H]4CCCN(C(=O)/C(C#N)=C\C5CC5)C4)SC4NCCC2C34)c(C)c1. The van der Waals surface area contributed by atoms with E-state index in [1.54, 1.807) is 18.1 Å². The number of anilines is 1. The summed E-state index contributed by atoms with van der Waals surface area (Å²) in [5.41, 5.74) is 2.67. The molecule has 5 aliphatic rings. The Balaban J connectivity index is 1.19. The standard InChI is InChI=1S/C29H34N6O4S/c1-16-12-20(39-2)7-8-21(16)35-22-9-10-31-27-23(22)24(33-29(35)38)25(40-27)26(36)32-19-4-3-11-34(15-19)28(37)18(14-30)13-17-5-6-17/h7-8,12-13,17,19,22-23,27,31H,3-6,9-11,15H2,1-2H3,(H,32,36)(H,33,38)/b18-13-/t19-,22?,23?,27?/m1/s1. The number of hydrogen-bond donors (Lipinski definition) is 3. The van der Waals surface area contributed by atoms with Gasteiger partial charge in [-0.1, -0.05) is 17.8 Å². The zero-order valence-electron chi connectivity index (χ0n) is 22.7. The first-order valence-corrected chi connectivity index (χ1v) is 14.9. The number of piperidine rings is 2. The number of aryl methyl sites for hydroxylation is 1. The van der Waals surface area contributed by atoms with Crippen LogP contribution in [0.1, 0.15) is 37.7 Å². The van der Waals surface area contributed by atoms with E-state index in [1.807, 2.05) is 30.0 Å². The minimum absolute atomic E-state index is 0.0219. The van der Waals surface area contributed by atoms with Gasteiger partial charge in [0.2, 0.25) is 0 Å². The van der Waals surface area contributed by atoms with Crippen LogP contribution in [0.15, 0.2) is 40.5 Å². The number of carbonyl (C=O) groups excluding carboxylic acids is 3. The Kier molecular flexibility index (Phi) is 7.23. The molecule has 1 aromatic rings. The molecule has 4 fully saturated rings. The number of ether oxygens (including phenoxy) is 1. The van der Waals surface area contributed by atoms with Gasteiger partial charge in [-0.2, -0.15) is 5.26 Å². The number of thioether (sulfide) groups is 1. The van der Waals surface area contributed by atoms with Gasteiger partial charge >= 0.3 is 6.03 Å². The van der Waals surface area contributed by atoms with Crippen LogP contribution in [0.3, 0.4) is 0 Å². The van der Waals surface area contributed by atoms with Crippen molar-refractivity contribution in [2.75, 3.05) is 31.6 Å². The second kappa shape index (κ2) is 10.8. The maximum Gasteiger partial charge on any atom is 0.326 e. The highest BCUT2D eigenvalue weighted by Gasteiger charge is 2.52. The number of urea groups is 1. The van der Waals surface area contributed by atoms with E-state index in [9.17, 15) is 19.6 Å². The number of hydrogen-bond acceptors (Lipinski definition) is 7. The van der Waals surface area contributed by atoms with Gasteiger partial charge in [-0.15, -0.1) is 0 Å². The summed E-state index contributed by atoms with van der Waals surface area (Å²) in [5, 5.41) is 19.2. The number of nitrogens with one attached hydrogen (secondary N) is 3. The molecule has 3 saturated heterocycles. The molecule has 11 heteroatoms. The van der Waals surface area contributed by atoms with E-state index in [4.69, 9.17) is 4.74 Å². The van der Waals surface area contributed by atoms with E-state index in [2.05, 4.69) is 22.0 Å². The number of methoxy groups -OCH3 is 1. The molecule has 1 aromatic carbocycles. The number of allylic oxidation sites excluding steroid dienone is 1. The Hall–Kier alpha value is -3.49. The van der Waals surface area contributed by atoms with Crippen molar-refractivity contribution < 1.29 is 19.1 Å². The summed E-state index contributed by atoms with van der Waals surface area (Å²) in [4.78, 5) is 44.1. The molecule has 0 radical (unpaired) electrons. The zero-order chi connectivity index (χ0) is 28.0. The van der Waals surface area contributed by atoms with E-state index in [0.717, 1.165) is 55.6 Å². The molecule has 0 bridgehead atoms. The summed E-state index contributed by atoms with van der Waals surface area (Å²) in [6.45, 7) is 3.66. The predicted octanol–water partition coefficient (Wildman–Crippen LogP) is 2.76. The highest BCUT2D eigenvalue weighted by molar-refractivity contribution is 8.04. The lowest BCUT2D eigenvalue weighted by Crippen LogP contribution is -2.62. The van der Waals surface area contributed by atoms with Crippen LogP contribution in [-0.2, 0) is 9.59 Å². The van der Waals surface area contributed by atoms with Gasteiger partial charge in [-0.05, 0) is 75.3 Å². The Morgan fingerprint density at radius 3 is 2.80 bits per heavy atom. The van der Waals surface area contributed by atoms with Crippen molar-refractivity contribution in [3.8, 4) is 11.8 Å². The van der Waals surface area contributed by atoms with E-state index in [1.165, 1.54) is 11.8 Å². The van der Waals surface area contributed by atoms with Crippen LogP contribution in [0, 0.1) is 30.1 Å². The number of nitriles is 1. The number of likely N-dealkylation sites (tertiary alicyclic amines) is 1. The molecule has 4 heterocycles. The summed E-state index contributed by atoms with van der Waals surface area (Å²) >= 11 is 1.47. The number of benzene rings is 1. The summed E-state index contributed by atoms with van der Waals surface area (Å²) in [6.07, 6.45) is 6.12. The molecular weight excluding hydrogens is 528 g/mol. The van der Waals surface area contributed by atoms with Crippen molar-refractivity contribution >= 4 is 35.3 Å². The monoisotopic (exact) mass is 562 g/mol. The van der Waals surface area contributed by atoms with Gasteiger partial charge in [-0.3, -0.25) is 14.5 Å². The topological polar surface area (TPSA) is 127 Å². The Morgan fingerprint density at radius 1 is 1.25 bits per heavy atom. The lowest BCUT2D eigenvalue weighted by atomic mass is 9.86. The minimum Gasteiger partial charge on any atom is -0.497 e. The van der Waals surface area contributed by atoms with Crippen LogP contribution < -0.4 is 25.6 Å². The number of nitrogens with zero attached hydrogens (tertiary/aromatic N) is 3. The van der Waals surface area contributed by atoms with Crippen molar-refractivity contribution in [2.24, 2.45) is 11.8 Å². The quantitative estimate of drug-likeness (QED) is 0.360. The molecular formula is C29H34N6O4S. The Morgan fingerprint density at radius 2 is 2.08 bits per heavy atom. The fraction of sp³-hybridized carbons (Fsp3) is 0.517. The average molecular weight is 563 g/mol. The van der Waals surface area contributed by atoms with Crippen molar-refractivity contribution in [2.45, 2.75) is 56.5 Å². The van der Waals surface area contributed by atoms with Gasteiger partial charge in [-0.25, -0.2) is 4.79 Å². The van der Waals surface area contributed by atoms with E-state index in [-0.39, 0.29) is 46.8 Å². The van der Waals surface area contributed by atoms with E-state index in [0.29, 0.717) is 29.6 Å². The fourth-order valence-corrected chi connectivity index (χ4v) is 7.68. The van der Waals surface area contributed by atoms with Crippen molar-refractivity contribution in [1.82, 2.24) is 20.9 Å². The zero-order valence-corrected chi connectivity index (χ0v) is 23.6. The van der Waals surface area contributed by atoms with Gasteiger partial charge in [0.05, 0.1) is 23.4 Å². The third kappa shape index (κ3) is 4.95. The van der Waals surface area contributed by atoms with Crippen LogP contribution in [0.2, 0.25) is 0 Å². The van der Waals surface area contributed by atoms with Gasteiger partial charge in [0, 0.05) is 36.4 Å². The molecule has 1 saturated carbocycles. The molecule has 10 nitrogen and oxygen atoms in total. The molecule has 210 valence electrons. The van der Waals surface area contributed by atoms with Gasteiger partial charge in [0.25, 0.3) is 11.8 Å². The first-order chi connectivity index (χ1) is 19.4. The normalized spacial score (nSPS) is 28.0. The largest absolute Gasteiger partial charge is 0.497 e. The maximum absolute atomic E-state index is 13.6. The first kappa shape index (κ1) is 26.7. The molecule has 4 aliphatic heterocycles. The summed E-state index contributed by atoms with van der Waals surface area (Å²) in [7, 11) is 1.62. The molecule has 0 aromatic heterocycles. The second-order valence-corrected chi connectivity index (χ2v) is 12.3. The van der Waals surface area contributed by atoms with Crippen LogP contribution in [0.5, 0.6) is 5.75 Å². The molecule has 4 amide bonds. The fourth-order valence-electron chi connectivity index (χ4n) is 6.28. The number of rotatable bonds is 6. The lowest BCUT2D eigenvalue weighted by molar-refractivity contribution is -0.129. The first-order valence-electron chi connectivity index (χ1n) is 14.0. The second-order valence-electron chi connectivity index (χ2n) is 11.2. The summed E-state index contributed by atoms with van der Waals surface area (Å²) in [5.74, 6) is 0.551. The van der Waals surface area contributed by atoms with Crippen LogP contribution >= 0.6 is 11.8 Å². The highest BCUT2D eigenvalue weighted by Crippen LogP contribution is 2.48. The van der Waals surface area contributed by atoms with E-state index >= 15 is 0 Å². The van der Waals surface area contributed by atoms with Crippen LogP contribution in [0.4, 0.5) is 10.5 Å². The molecule has 6 rings (SSSR count). The lowest BCUT2D eigenvalue weighted by Gasteiger charge is -2.46. The number of carbonyl (C=O) groups is 3. The van der Waals surface area contributed by atoms with Gasteiger partial charge in [0.1, 0.15) is 17.4 Å². The number of amides is 4. The molecule has 4 atom stereocenters. The molecule has 40 heavy (non-hydrogen) atoms. The van der Waals surface area contributed by atoms with Crippen molar-refractivity contribution in [3.63, 3.8) is 0 Å². The minimum atomic E-state index is -0.253. The van der Waals surface area contributed by atoms with Crippen molar-refractivity contribution in [3.05, 3.63) is 46.0 Å². The summed E-state index contributed by atoms with van der Waals surface area (Å²) < 4.78 is 5.35.